The third kappa shape index (κ3) is 5.25. The average molecular weight is 476 g/mol. The molecule has 2 heterocycles. The third-order valence-corrected chi connectivity index (χ3v) is 5.68. The van der Waals surface area contributed by atoms with E-state index in [1.54, 1.807) is 11.0 Å². The molecule has 0 spiro atoms. The molecule has 0 fully saturated rings. The Kier molecular flexibility index (Phi) is 6.94. The van der Waals surface area contributed by atoms with Crippen LogP contribution in [0.4, 0.5) is 32.0 Å². The van der Waals surface area contributed by atoms with E-state index in [9.17, 15) is 31.4 Å². The lowest BCUT2D eigenvalue weighted by molar-refractivity contribution is -0.193. The van der Waals surface area contributed by atoms with Crippen LogP contribution in [0.2, 0.25) is 0 Å². The maximum atomic E-state index is 14.0. The summed E-state index contributed by atoms with van der Waals surface area (Å²) in [4.78, 5) is 10.5. The van der Waals surface area contributed by atoms with Gasteiger partial charge in [0.2, 0.25) is 0 Å². The molecule has 2 aliphatic heterocycles. The van der Waals surface area contributed by atoms with E-state index in [2.05, 4.69) is 5.32 Å². The molecule has 4 rings (SSSR count). The third-order valence-electron chi connectivity index (χ3n) is 5.68. The molecule has 33 heavy (non-hydrogen) atoms. The van der Waals surface area contributed by atoms with Crippen molar-refractivity contribution in [1.82, 2.24) is 5.32 Å². The number of para-hydroxylation sites is 1. The Balaban J connectivity index is 0.000000383. The van der Waals surface area contributed by atoms with Gasteiger partial charge >= 0.3 is 18.3 Å². The molecular weight excluding hydrogens is 454 g/mol. The van der Waals surface area contributed by atoms with Crippen molar-refractivity contribution in [2.45, 2.75) is 43.4 Å². The Morgan fingerprint density at radius 1 is 1.06 bits per heavy atom. The summed E-state index contributed by atoms with van der Waals surface area (Å²) in [7, 11) is 0. The molecule has 2 aromatic rings. The van der Waals surface area contributed by atoms with E-state index < -0.39 is 30.0 Å². The van der Waals surface area contributed by atoms with Gasteiger partial charge in [0.25, 0.3) is 0 Å². The highest BCUT2D eigenvalue weighted by atomic mass is 19.4. The Bertz CT molecular complexity index is 980. The number of nitrogens with zero attached hydrogens (tertiary/aromatic N) is 1. The van der Waals surface area contributed by atoms with Crippen LogP contribution in [0.3, 0.4) is 0 Å². The highest BCUT2D eigenvalue weighted by Crippen LogP contribution is 2.56. The van der Waals surface area contributed by atoms with Gasteiger partial charge in [-0.3, -0.25) is 0 Å². The summed E-state index contributed by atoms with van der Waals surface area (Å²) >= 11 is 0. The van der Waals surface area contributed by atoms with E-state index in [1.165, 1.54) is 6.07 Å². The number of rotatable bonds is 3. The van der Waals surface area contributed by atoms with Gasteiger partial charge in [-0.15, -0.1) is 0 Å². The lowest BCUT2D eigenvalue weighted by Crippen LogP contribution is -2.54. The number of alkyl halides is 6. The van der Waals surface area contributed by atoms with Gasteiger partial charge in [-0.05, 0) is 23.1 Å². The van der Waals surface area contributed by atoms with E-state index in [0.29, 0.717) is 31.7 Å². The molecule has 0 saturated carbocycles. The first-order valence-electron chi connectivity index (χ1n) is 10.1. The number of carboxylic acids is 1. The first-order valence-corrected chi connectivity index (χ1v) is 10.1. The second kappa shape index (κ2) is 9.22. The molecule has 11 heteroatoms. The molecular formula is C22H22F6N2O3. The molecule has 2 aliphatic rings. The van der Waals surface area contributed by atoms with Crippen LogP contribution in [-0.2, 0) is 17.8 Å². The number of aryl methyl sites for hydroxylation is 1. The Hall–Kier alpha value is -2.79. The highest BCUT2D eigenvalue weighted by Gasteiger charge is 2.61. The average Bonchev–Trinajstić information content (AvgIpc) is 2.85. The van der Waals surface area contributed by atoms with Crippen molar-refractivity contribution in [3.05, 3.63) is 65.2 Å². The van der Waals surface area contributed by atoms with Crippen LogP contribution in [0, 0.1) is 0 Å². The lowest BCUT2D eigenvalue weighted by Gasteiger charge is -2.40. The molecule has 3 N–H and O–H groups in total. The standard InChI is InChI=1S/C20H21F3N2O.C2HF3O2/c21-20(22,23)18-16-8-4-7-15-13-24-11-12-25(17(15)16)19(18,26)10-9-14-5-2-1-3-6-14;3-2(4,5)1(6)7/h1-8,18,24,26H,9-13H2;(H,6,7). The number of carbonyl (C=O) groups is 1. The monoisotopic (exact) mass is 476 g/mol. The number of aliphatic hydroxyl groups is 1. The minimum atomic E-state index is -5.08. The first-order chi connectivity index (χ1) is 15.4. The van der Waals surface area contributed by atoms with Crippen molar-refractivity contribution in [2.75, 3.05) is 18.0 Å². The second-order valence-electron chi connectivity index (χ2n) is 7.83. The van der Waals surface area contributed by atoms with Crippen molar-refractivity contribution in [2.24, 2.45) is 0 Å². The fourth-order valence-corrected chi connectivity index (χ4v) is 4.32. The maximum absolute atomic E-state index is 14.0. The fourth-order valence-electron chi connectivity index (χ4n) is 4.32. The number of benzene rings is 2. The number of hydrogen-bond donors (Lipinski definition) is 3. The van der Waals surface area contributed by atoms with Gasteiger partial charge in [0.15, 0.2) is 5.72 Å². The summed E-state index contributed by atoms with van der Waals surface area (Å²) in [5, 5.41) is 21.7. The van der Waals surface area contributed by atoms with Gasteiger partial charge in [-0.1, -0.05) is 48.5 Å². The van der Waals surface area contributed by atoms with Crippen molar-refractivity contribution >= 4 is 11.7 Å². The zero-order valence-corrected chi connectivity index (χ0v) is 17.2. The SMILES string of the molecule is O=C(O)C(F)(F)F.OC1(CCc2ccccc2)C(C(F)(F)F)c2cccc3c2N1CCNC3. The van der Waals surface area contributed by atoms with Crippen molar-refractivity contribution < 1.29 is 41.4 Å². The molecule has 0 aromatic heterocycles. The fraction of sp³-hybridized carbons (Fsp3) is 0.409. The van der Waals surface area contributed by atoms with E-state index in [-0.39, 0.29) is 12.0 Å². The predicted molar refractivity (Wildman–Crippen MR) is 108 cm³/mol. The molecule has 0 radical (unpaired) electrons. The quantitative estimate of drug-likeness (QED) is 0.579. The van der Waals surface area contributed by atoms with Crippen LogP contribution >= 0.6 is 0 Å². The molecule has 0 bridgehead atoms. The summed E-state index contributed by atoms with van der Waals surface area (Å²) in [6, 6.07) is 14.3. The van der Waals surface area contributed by atoms with Gasteiger partial charge in [-0.25, -0.2) is 4.79 Å². The number of hydrogen-bond acceptors (Lipinski definition) is 4. The summed E-state index contributed by atoms with van der Waals surface area (Å²) < 4.78 is 73.8. The van der Waals surface area contributed by atoms with Crippen molar-refractivity contribution in [1.29, 1.82) is 0 Å². The van der Waals surface area contributed by atoms with Crippen LogP contribution in [0.15, 0.2) is 48.5 Å². The Labute approximate surface area is 185 Å². The topological polar surface area (TPSA) is 72.8 Å². The first kappa shape index (κ1) is 24.8. The van der Waals surface area contributed by atoms with E-state index in [1.807, 2.05) is 36.4 Å². The molecule has 2 atom stereocenters. The number of aliphatic carboxylic acids is 1. The summed E-state index contributed by atoms with van der Waals surface area (Å²) in [6.45, 7) is 1.40. The molecule has 0 amide bonds. The highest BCUT2D eigenvalue weighted by molar-refractivity contribution is 5.73. The smallest absolute Gasteiger partial charge is 0.475 e. The van der Waals surface area contributed by atoms with Gasteiger partial charge in [0.05, 0.1) is 0 Å². The summed E-state index contributed by atoms with van der Waals surface area (Å²) in [5.74, 6) is -4.65. The van der Waals surface area contributed by atoms with Crippen LogP contribution in [0.25, 0.3) is 0 Å². The van der Waals surface area contributed by atoms with E-state index in [0.717, 1.165) is 11.1 Å². The largest absolute Gasteiger partial charge is 0.490 e. The number of nitrogens with one attached hydrogen (secondary N) is 1. The summed E-state index contributed by atoms with van der Waals surface area (Å²) in [5.41, 5.74) is 0.499. The zero-order valence-electron chi connectivity index (χ0n) is 17.2. The van der Waals surface area contributed by atoms with E-state index >= 15 is 0 Å². The van der Waals surface area contributed by atoms with E-state index in [4.69, 9.17) is 9.90 Å². The predicted octanol–water partition coefficient (Wildman–Crippen LogP) is 4.21. The van der Waals surface area contributed by atoms with Crippen molar-refractivity contribution in [3.63, 3.8) is 0 Å². The van der Waals surface area contributed by atoms with Crippen LogP contribution < -0.4 is 10.2 Å². The van der Waals surface area contributed by atoms with Gasteiger partial charge in [-0.2, -0.15) is 26.3 Å². The normalized spacial score (nSPS) is 22.2. The minimum Gasteiger partial charge on any atom is -0.475 e. The molecule has 0 aliphatic carbocycles. The number of carboxylic acid groups (broad SMARTS) is 1. The Morgan fingerprint density at radius 3 is 2.27 bits per heavy atom. The number of halogens is 6. The molecule has 2 aromatic carbocycles. The minimum absolute atomic E-state index is 0.0231. The molecule has 5 nitrogen and oxygen atoms in total. The summed E-state index contributed by atoms with van der Waals surface area (Å²) in [6.07, 6.45) is -9.19. The zero-order chi connectivity index (χ0) is 24.4. The van der Waals surface area contributed by atoms with Crippen LogP contribution in [0.1, 0.15) is 29.0 Å². The lowest BCUT2D eigenvalue weighted by atomic mass is 9.86. The number of anilines is 1. The van der Waals surface area contributed by atoms with Gasteiger partial charge < -0.3 is 20.4 Å². The molecule has 2 unspecified atom stereocenters. The van der Waals surface area contributed by atoms with Crippen LogP contribution in [-0.4, -0.2) is 47.3 Å². The molecule has 0 saturated heterocycles. The van der Waals surface area contributed by atoms with Gasteiger partial charge in [0, 0.05) is 31.7 Å². The van der Waals surface area contributed by atoms with Crippen LogP contribution in [0.5, 0.6) is 0 Å². The van der Waals surface area contributed by atoms with Gasteiger partial charge in [0.1, 0.15) is 5.92 Å². The maximum Gasteiger partial charge on any atom is 0.490 e. The Morgan fingerprint density at radius 2 is 1.70 bits per heavy atom. The molecule has 180 valence electrons. The second-order valence-corrected chi connectivity index (χ2v) is 7.83. The van der Waals surface area contributed by atoms with Crippen molar-refractivity contribution in [3.8, 4) is 0 Å².